The molecule has 4 nitrogen and oxygen atoms in total. The number of nitrogens with one attached hydrogen (secondary N) is 2. The van der Waals surface area contributed by atoms with E-state index in [4.69, 9.17) is 4.74 Å². The molecule has 1 unspecified atom stereocenters. The number of hydrogen-bond acceptors (Lipinski definition) is 2. The molecule has 1 aromatic carbocycles. The summed E-state index contributed by atoms with van der Waals surface area (Å²) in [5.41, 5.74) is 1.31. The van der Waals surface area contributed by atoms with Gasteiger partial charge in [-0.3, -0.25) is 4.99 Å². The summed E-state index contributed by atoms with van der Waals surface area (Å²) < 4.78 is 5.71. The minimum atomic E-state index is 0. The van der Waals surface area contributed by atoms with Crippen LogP contribution in [0.25, 0.3) is 0 Å². The van der Waals surface area contributed by atoms with Gasteiger partial charge in [-0.05, 0) is 36.8 Å². The largest absolute Gasteiger partial charge is 0.493 e. The highest BCUT2D eigenvalue weighted by molar-refractivity contribution is 14.0. The van der Waals surface area contributed by atoms with Gasteiger partial charge in [0.1, 0.15) is 5.75 Å². The first kappa shape index (κ1) is 17.4. The van der Waals surface area contributed by atoms with Crippen molar-refractivity contribution in [1.82, 2.24) is 10.6 Å². The molecule has 0 radical (unpaired) electrons. The lowest BCUT2D eigenvalue weighted by Crippen LogP contribution is -2.42. The maximum Gasteiger partial charge on any atom is 0.191 e. The maximum absolute atomic E-state index is 5.71. The lowest BCUT2D eigenvalue weighted by molar-refractivity contribution is 0.267. The molecule has 1 fully saturated rings. The Kier molecular flexibility index (Phi) is 6.79. The molecule has 3 rings (SSSR count). The van der Waals surface area contributed by atoms with Crippen molar-refractivity contribution in [2.24, 2.45) is 10.9 Å². The van der Waals surface area contributed by atoms with Gasteiger partial charge >= 0.3 is 0 Å². The van der Waals surface area contributed by atoms with E-state index in [1.807, 2.05) is 13.1 Å². The predicted octanol–water partition coefficient (Wildman–Crippen LogP) is 3.14. The highest BCUT2D eigenvalue weighted by atomic mass is 127. The Labute approximate surface area is 150 Å². The number of aliphatic imine (C=N–C) groups is 1. The van der Waals surface area contributed by atoms with Crippen molar-refractivity contribution in [3.8, 4) is 5.75 Å². The van der Waals surface area contributed by atoms with Crippen LogP contribution in [0.2, 0.25) is 0 Å². The fraction of sp³-hybridized carbons (Fsp3) is 0.588. The molecule has 1 atom stereocenters. The van der Waals surface area contributed by atoms with Gasteiger partial charge in [0.2, 0.25) is 0 Å². The van der Waals surface area contributed by atoms with Crippen molar-refractivity contribution >= 4 is 29.9 Å². The Morgan fingerprint density at radius 2 is 1.95 bits per heavy atom. The Balaban J connectivity index is 0.00000176. The topological polar surface area (TPSA) is 45.7 Å². The second-order valence-corrected chi connectivity index (χ2v) is 6.00. The second kappa shape index (κ2) is 8.60. The summed E-state index contributed by atoms with van der Waals surface area (Å²) in [5, 5.41) is 6.91. The zero-order valence-corrected chi connectivity index (χ0v) is 15.5. The molecule has 1 saturated carbocycles. The van der Waals surface area contributed by atoms with Crippen LogP contribution in [-0.2, 0) is 0 Å². The average Bonchev–Trinajstić information content (AvgIpc) is 2.49. The molecule has 0 aromatic heterocycles. The first-order valence-electron chi connectivity index (χ1n) is 8.03. The number of ether oxygens (including phenoxy) is 1. The van der Waals surface area contributed by atoms with Crippen molar-refractivity contribution in [1.29, 1.82) is 0 Å². The first-order chi connectivity index (χ1) is 10.4. The monoisotopic (exact) mass is 415 g/mol. The lowest BCUT2D eigenvalue weighted by atomic mass is 9.85. The minimum Gasteiger partial charge on any atom is -0.493 e. The van der Waals surface area contributed by atoms with E-state index in [1.165, 1.54) is 24.8 Å². The third-order valence-corrected chi connectivity index (χ3v) is 4.61. The molecule has 0 spiro atoms. The van der Waals surface area contributed by atoms with E-state index in [0.717, 1.165) is 43.7 Å². The van der Waals surface area contributed by atoms with E-state index in [9.17, 15) is 0 Å². The zero-order chi connectivity index (χ0) is 14.5. The Morgan fingerprint density at radius 3 is 2.68 bits per heavy atom. The smallest absolute Gasteiger partial charge is 0.191 e. The quantitative estimate of drug-likeness (QED) is 0.451. The molecule has 1 aliphatic carbocycles. The highest BCUT2D eigenvalue weighted by Crippen LogP contribution is 2.32. The number of hydrogen-bond donors (Lipinski definition) is 2. The van der Waals surface area contributed by atoms with Crippen LogP contribution < -0.4 is 15.4 Å². The molecule has 1 heterocycles. The second-order valence-electron chi connectivity index (χ2n) is 6.00. The van der Waals surface area contributed by atoms with Gasteiger partial charge in [-0.25, -0.2) is 0 Å². The van der Waals surface area contributed by atoms with Crippen LogP contribution in [0.1, 0.15) is 37.2 Å². The van der Waals surface area contributed by atoms with Crippen molar-refractivity contribution in [3.05, 3.63) is 29.8 Å². The Morgan fingerprint density at radius 1 is 1.18 bits per heavy atom. The summed E-state index contributed by atoms with van der Waals surface area (Å²) in [6.45, 7) is 2.76. The normalized spacial score (nSPS) is 21.0. The van der Waals surface area contributed by atoms with Gasteiger partial charge in [0, 0.05) is 26.1 Å². The molecule has 2 N–H and O–H groups in total. The lowest BCUT2D eigenvalue weighted by Gasteiger charge is -2.28. The van der Waals surface area contributed by atoms with E-state index in [2.05, 4.69) is 33.8 Å². The minimum absolute atomic E-state index is 0. The molecule has 0 bridgehead atoms. The first-order valence-corrected chi connectivity index (χ1v) is 8.03. The van der Waals surface area contributed by atoms with Crippen molar-refractivity contribution < 1.29 is 4.74 Å². The van der Waals surface area contributed by atoms with E-state index in [0.29, 0.717) is 5.92 Å². The van der Waals surface area contributed by atoms with Crippen LogP contribution in [0.4, 0.5) is 0 Å². The van der Waals surface area contributed by atoms with Crippen LogP contribution >= 0.6 is 24.0 Å². The van der Waals surface area contributed by atoms with Crippen LogP contribution in [-0.4, -0.2) is 32.7 Å². The zero-order valence-electron chi connectivity index (χ0n) is 13.2. The van der Waals surface area contributed by atoms with Crippen LogP contribution in [0.15, 0.2) is 29.3 Å². The molecule has 1 aromatic rings. The summed E-state index contributed by atoms with van der Waals surface area (Å²) in [4.78, 5) is 4.32. The van der Waals surface area contributed by atoms with E-state index in [-0.39, 0.29) is 24.0 Å². The number of halogens is 1. The Bertz CT molecular complexity index is 502. The molecule has 2 aliphatic rings. The molecule has 122 valence electrons. The summed E-state index contributed by atoms with van der Waals surface area (Å²) >= 11 is 0. The molecule has 1 aliphatic heterocycles. The molecule has 0 saturated heterocycles. The standard InChI is InChI=1S/C17H25N3O.HI/c1-18-17(19-11-13-5-4-6-13)20-12-14-9-10-21-16-8-3-2-7-15(14)16;/h2-3,7-8,13-14H,4-6,9-12H2,1H3,(H2,18,19,20);1H. The van der Waals surface area contributed by atoms with Gasteiger partial charge in [0.15, 0.2) is 5.96 Å². The number of rotatable bonds is 4. The van der Waals surface area contributed by atoms with Gasteiger partial charge in [0.25, 0.3) is 0 Å². The van der Waals surface area contributed by atoms with Gasteiger partial charge in [-0.15, -0.1) is 24.0 Å². The number of nitrogens with zero attached hydrogens (tertiary/aromatic N) is 1. The third kappa shape index (κ3) is 4.27. The molecule has 0 amide bonds. The number of para-hydroxylation sites is 1. The molecule has 5 heteroatoms. The third-order valence-electron chi connectivity index (χ3n) is 4.61. The predicted molar refractivity (Wildman–Crippen MR) is 101 cm³/mol. The summed E-state index contributed by atoms with van der Waals surface area (Å²) in [6, 6.07) is 8.36. The average molecular weight is 415 g/mol. The van der Waals surface area contributed by atoms with Crippen LogP contribution in [0, 0.1) is 5.92 Å². The fourth-order valence-corrected chi connectivity index (χ4v) is 3.01. The summed E-state index contributed by atoms with van der Waals surface area (Å²) in [7, 11) is 1.84. The maximum atomic E-state index is 5.71. The van der Waals surface area contributed by atoms with Gasteiger partial charge in [0.05, 0.1) is 6.61 Å². The van der Waals surface area contributed by atoms with Crippen molar-refractivity contribution in [2.75, 3.05) is 26.7 Å². The van der Waals surface area contributed by atoms with Gasteiger partial charge < -0.3 is 15.4 Å². The summed E-state index contributed by atoms with van der Waals surface area (Å²) in [5.74, 6) is 3.29. The van der Waals surface area contributed by atoms with Crippen LogP contribution in [0.3, 0.4) is 0 Å². The van der Waals surface area contributed by atoms with Crippen LogP contribution in [0.5, 0.6) is 5.75 Å². The summed E-state index contributed by atoms with van der Waals surface area (Å²) in [6.07, 6.45) is 5.16. The van der Waals surface area contributed by atoms with E-state index >= 15 is 0 Å². The molecular weight excluding hydrogens is 389 g/mol. The van der Waals surface area contributed by atoms with E-state index in [1.54, 1.807) is 0 Å². The number of guanidine groups is 1. The van der Waals surface area contributed by atoms with Crippen molar-refractivity contribution in [2.45, 2.75) is 31.6 Å². The fourth-order valence-electron chi connectivity index (χ4n) is 3.01. The number of fused-ring (bicyclic) bond motifs is 1. The highest BCUT2D eigenvalue weighted by Gasteiger charge is 2.21. The van der Waals surface area contributed by atoms with Gasteiger partial charge in [-0.1, -0.05) is 24.6 Å². The van der Waals surface area contributed by atoms with Gasteiger partial charge in [-0.2, -0.15) is 0 Å². The van der Waals surface area contributed by atoms with Crippen molar-refractivity contribution in [3.63, 3.8) is 0 Å². The SMILES string of the molecule is CN=C(NCC1CCC1)NCC1CCOc2ccccc21.I. The Hall–Kier alpha value is -0.980. The van der Waals surface area contributed by atoms with E-state index < -0.39 is 0 Å². The molecule has 22 heavy (non-hydrogen) atoms. The number of benzene rings is 1. The molecular formula is C17H26IN3O.